The molecule has 3 unspecified atom stereocenters. The first-order valence-corrected chi connectivity index (χ1v) is 8.55. The number of hydrogen-bond donors (Lipinski definition) is 1. The van der Waals surface area contributed by atoms with Crippen LogP contribution >= 0.6 is 0 Å². The van der Waals surface area contributed by atoms with E-state index >= 15 is 0 Å². The largest absolute Gasteiger partial charge is 0.391 e. The maximum absolute atomic E-state index is 12.6. The lowest BCUT2D eigenvalue weighted by Gasteiger charge is -2.21. The number of benzene rings is 1. The second-order valence-corrected chi connectivity index (χ2v) is 8.79. The van der Waals surface area contributed by atoms with E-state index < -0.39 is 16.1 Å². The Morgan fingerprint density at radius 2 is 1.90 bits per heavy atom. The Morgan fingerprint density at radius 1 is 1.25 bits per heavy atom. The van der Waals surface area contributed by atoms with Crippen molar-refractivity contribution in [3.8, 4) is 0 Å². The van der Waals surface area contributed by atoms with Crippen molar-refractivity contribution in [2.24, 2.45) is 5.41 Å². The second-order valence-electron chi connectivity index (χ2n) is 6.63. The third kappa shape index (κ3) is 2.28. The number of sulfonamides is 1. The zero-order chi connectivity index (χ0) is 14.5. The van der Waals surface area contributed by atoms with E-state index in [4.69, 9.17) is 0 Å². The standard InChI is InChI=1S/C15H21NO3S/c1-15(2)10-16(9-14(15)17)20(18,19)13-8-12(13)11-6-4-3-5-7-11/h3-7,12-14,17H,8-10H2,1-2H3. The summed E-state index contributed by atoms with van der Waals surface area (Å²) < 4.78 is 26.7. The molecule has 1 saturated carbocycles. The molecule has 1 aliphatic heterocycles. The molecule has 20 heavy (non-hydrogen) atoms. The minimum Gasteiger partial charge on any atom is -0.391 e. The highest BCUT2D eigenvalue weighted by Crippen LogP contribution is 2.48. The summed E-state index contributed by atoms with van der Waals surface area (Å²) in [6.45, 7) is 4.46. The van der Waals surface area contributed by atoms with Gasteiger partial charge in [-0.05, 0) is 12.0 Å². The van der Waals surface area contributed by atoms with Gasteiger partial charge in [-0.1, -0.05) is 44.2 Å². The lowest BCUT2D eigenvalue weighted by Crippen LogP contribution is -2.33. The van der Waals surface area contributed by atoms with Gasteiger partial charge in [0, 0.05) is 24.4 Å². The molecule has 1 aliphatic carbocycles. The quantitative estimate of drug-likeness (QED) is 0.921. The molecular formula is C15H21NO3S. The first kappa shape index (κ1) is 14.0. The zero-order valence-electron chi connectivity index (χ0n) is 11.9. The molecule has 1 aromatic rings. The number of hydrogen-bond acceptors (Lipinski definition) is 3. The van der Waals surface area contributed by atoms with Crippen molar-refractivity contribution in [3.05, 3.63) is 35.9 Å². The van der Waals surface area contributed by atoms with Crippen molar-refractivity contribution < 1.29 is 13.5 Å². The summed E-state index contributed by atoms with van der Waals surface area (Å²) in [5.74, 6) is 0.113. The van der Waals surface area contributed by atoms with Crippen molar-refractivity contribution in [2.45, 2.75) is 37.5 Å². The molecule has 4 nitrogen and oxygen atoms in total. The van der Waals surface area contributed by atoms with Gasteiger partial charge >= 0.3 is 0 Å². The Kier molecular flexibility index (Phi) is 3.19. The van der Waals surface area contributed by atoms with Gasteiger partial charge in [-0.25, -0.2) is 8.42 Å². The molecule has 1 aromatic carbocycles. The highest BCUT2D eigenvalue weighted by Gasteiger charge is 2.53. The van der Waals surface area contributed by atoms with Crippen LogP contribution in [0.25, 0.3) is 0 Å². The second kappa shape index (κ2) is 4.55. The van der Waals surface area contributed by atoms with Crippen LogP contribution in [0.2, 0.25) is 0 Å². The molecule has 0 aromatic heterocycles. The molecule has 0 spiro atoms. The van der Waals surface area contributed by atoms with Gasteiger partial charge in [0.2, 0.25) is 10.0 Å². The minimum atomic E-state index is -3.29. The molecule has 3 rings (SSSR count). The topological polar surface area (TPSA) is 57.6 Å². The molecule has 0 amide bonds. The van der Waals surface area contributed by atoms with Crippen LogP contribution < -0.4 is 0 Å². The van der Waals surface area contributed by atoms with Crippen molar-refractivity contribution >= 4 is 10.0 Å². The molecule has 3 atom stereocenters. The van der Waals surface area contributed by atoms with E-state index in [0.717, 1.165) is 5.56 Å². The highest BCUT2D eigenvalue weighted by molar-refractivity contribution is 7.90. The van der Waals surface area contributed by atoms with E-state index in [1.165, 1.54) is 4.31 Å². The van der Waals surface area contributed by atoms with Crippen LogP contribution in [0.15, 0.2) is 30.3 Å². The maximum atomic E-state index is 12.6. The van der Waals surface area contributed by atoms with Crippen molar-refractivity contribution in [2.75, 3.05) is 13.1 Å². The molecule has 2 aliphatic rings. The summed E-state index contributed by atoms with van der Waals surface area (Å²) in [5, 5.41) is 9.66. The zero-order valence-corrected chi connectivity index (χ0v) is 12.7. The number of aliphatic hydroxyl groups excluding tert-OH is 1. The highest BCUT2D eigenvalue weighted by atomic mass is 32.2. The van der Waals surface area contributed by atoms with Crippen LogP contribution in [-0.2, 0) is 10.0 Å². The van der Waals surface area contributed by atoms with E-state index in [0.29, 0.717) is 13.0 Å². The normalized spacial score (nSPS) is 33.2. The molecule has 1 heterocycles. The predicted molar refractivity (Wildman–Crippen MR) is 77.9 cm³/mol. The van der Waals surface area contributed by atoms with Crippen molar-refractivity contribution in [3.63, 3.8) is 0 Å². The third-order valence-corrected chi connectivity index (χ3v) is 6.85. The van der Waals surface area contributed by atoms with Gasteiger partial charge in [0.05, 0.1) is 11.4 Å². The summed E-state index contributed by atoms with van der Waals surface area (Å²) in [5.41, 5.74) is 0.740. The number of β-amino-alcohol motifs (C(OH)–C–C–N with tert-alkyl or cyclic N) is 1. The Labute approximate surface area is 120 Å². The average molecular weight is 295 g/mol. The van der Waals surface area contributed by atoms with Gasteiger partial charge in [0.15, 0.2) is 0 Å². The smallest absolute Gasteiger partial charge is 0.217 e. The Balaban J connectivity index is 1.76. The van der Waals surface area contributed by atoms with E-state index in [9.17, 15) is 13.5 Å². The number of nitrogens with zero attached hydrogens (tertiary/aromatic N) is 1. The van der Waals surface area contributed by atoms with Crippen LogP contribution in [0.3, 0.4) is 0 Å². The number of aliphatic hydroxyl groups is 1. The van der Waals surface area contributed by atoms with E-state index in [2.05, 4.69) is 0 Å². The fourth-order valence-corrected chi connectivity index (χ4v) is 5.27. The van der Waals surface area contributed by atoms with Crippen molar-refractivity contribution in [1.82, 2.24) is 4.31 Å². The van der Waals surface area contributed by atoms with Gasteiger partial charge in [0.25, 0.3) is 0 Å². The minimum absolute atomic E-state index is 0.113. The van der Waals surface area contributed by atoms with Crippen LogP contribution in [0.1, 0.15) is 31.7 Å². The summed E-state index contributed by atoms with van der Waals surface area (Å²) in [7, 11) is -3.29. The SMILES string of the molecule is CC1(C)CN(S(=O)(=O)C2CC2c2ccccc2)CC1O. The molecule has 1 saturated heterocycles. The first-order chi connectivity index (χ1) is 9.32. The summed E-state index contributed by atoms with van der Waals surface area (Å²) in [4.78, 5) is 0. The lowest BCUT2D eigenvalue weighted by molar-refractivity contribution is 0.0960. The third-order valence-electron chi connectivity index (χ3n) is 4.56. The first-order valence-electron chi connectivity index (χ1n) is 7.04. The van der Waals surface area contributed by atoms with Gasteiger partial charge in [0.1, 0.15) is 0 Å². The van der Waals surface area contributed by atoms with E-state index in [1.54, 1.807) is 0 Å². The van der Waals surface area contributed by atoms with Gasteiger partial charge < -0.3 is 5.11 Å². The van der Waals surface area contributed by atoms with Crippen LogP contribution in [0, 0.1) is 5.41 Å². The van der Waals surface area contributed by atoms with E-state index in [-0.39, 0.29) is 23.1 Å². The van der Waals surface area contributed by atoms with Gasteiger partial charge in [-0.2, -0.15) is 4.31 Å². The fraction of sp³-hybridized carbons (Fsp3) is 0.600. The molecular weight excluding hydrogens is 274 g/mol. The molecule has 2 fully saturated rings. The van der Waals surface area contributed by atoms with Crippen molar-refractivity contribution in [1.29, 1.82) is 0 Å². The molecule has 5 heteroatoms. The van der Waals surface area contributed by atoms with Crippen LogP contribution in [0.4, 0.5) is 0 Å². The van der Waals surface area contributed by atoms with E-state index in [1.807, 2.05) is 44.2 Å². The summed E-state index contributed by atoms with van der Waals surface area (Å²) in [6.07, 6.45) is 0.116. The Morgan fingerprint density at radius 3 is 2.45 bits per heavy atom. The Hall–Kier alpha value is -0.910. The van der Waals surface area contributed by atoms with Crippen LogP contribution in [-0.4, -0.2) is 42.3 Å². The predicted octanol–water partition coefficient (Wildman–Crippen LogP) is 1.57. The average Bonchev–Trinajstić information content (AvgIpc) is 3.14. The molecule has 110 valence electrons. The molecule has 1 N–H and O–H groups in total. The Bertz CT molecular complexity index is 597. The lowest BCUT2D eigenvalue weighted by atomic mass is 9.90. The van der Waals surface area contributed by atoms with Gasteiger partial charge in [-0.3, -0.25) is 0 Å². The number of rotatable bonds is 3. The summed E-state index contributed by atoms with van der Waals surface area (Å²) >= 11 is 0. The van der Waals surface area contributed by atoms with Crippen LogP contribution in [0.5, 0.6) is 0 Å². The summed E-state index contributed by atoms with van der Waals surface area (Å²) in [6, 6.07) is 9.81. The molecule has 0 bridgehead atoms. The monoisotopic (exact) mass is 295 g/mol. The fourth-order valence-electron chi connectivity index (χ4n) is 3.00. The van der Waals surface area contributed by atoms with Gasteiger partial charge in [-0.15, -0.1) is 0 Å². The maximum Gasteiger partial charge on any atom is 0.217 e. The molecule has 0 radical (unpaired) electrons.